The van der Waals surface area contributed by atoms with Gasteiger partial charge < -0.3 is 15.2 Å². The summed E-state index contributed by atoms with van der Waals surface area (Å²) in [5, 5.41) is 12.8. The Kier molecular flexibility index (Phi) is 4.49. The molecule has 0 radical (unpaired) electrons. The lowest BCUT2D eigenvalue weighted by molar-refractivity contribution is -0.0498. The highest BCUT2D eigenvalue weighted by atomic mass is 19.3. The van der Waals surface area contributed by atoms with Crippen LogP contribution in [0.5, 0.6) is 5.75 Å². The summed E-state index contributed by atoms with van der Waals surface area (Å²) in [6, 6.07) is 6.49. The monoisotopic (exact) mass is 257 g/mol. The highest BCUT2D eigenvalue weighted by molar-refractivity contribution is 5.27. The number of halogens is 2. The number of nitrogens with one attached hydrogen (secondary N) is 1. The molecule has 1 aromatic rings. The largest absolute Gasteiger partial charge is 0.435 e. The molecule has 0 spiro atoms. The number of alkyl halides is 2. The maximum atomic E-state index is 11.9. The molecule has 0 bridgehead atoms. The molecule has 1 fully saturated rings. The Morgan fingerprint density at radius 2 is 1.94 bits per heavy atom. The minimum Gasteiger partial charge on any atom is -0.435 e. The molecular formula is C13H17F2NO2. The Balaban J connectivity index is 1.72. The van der Waals surface area contributed by atoms with Gasteiger partial charge in [0.1, 0.15) is 5.75 Å². The maximum absolute atomic E-state index is 11.9. The molecule has 1 saturated carbocycles. The lowest BCUT2D eigenvalue weighted by Crippen LogP contribution is -2.27. The topological polar surface area (TPSA) is 41.5 Å². The summed E-state index contributed by atoms with van der Waals surface area (Å²) in [7, 11) is 0. The molecule has 0 amide bonds. The zero-order chi connectivity index (χ0) is 13.0. The highest BCUT2D eigenvalue weighted by Gasteiger charge is 2.28. The van der Waals surface area contributed by atoms with Crippen LogP contribution in [0.4, 0.5) is 8.78 Å². The molecule has 18 heavy (non-hydrogen) atoms. The van der Waals surface area contributed by atoms with E-state index in [1.54, 1.807) is 12.1 Å². The second-order valence-electron chi connectivity index (χ2n) is 4.56. The van der Waals surface area contributed by atoms with Gasteiger partial charge in [0, 0.05) is 13.1 Å². The van der Waals surface area contributed by atoms with E-state index in [2.05, 4.69) is 10.1 Å². The van der Waals surface area contributed by atoms with Crippen LogP contribution < -0.4 is 10.1 Å². The standard InChI is InChI=1S/C13H17F2NO2/c14-13(15)18-11-5-1-9(2-6-11)7-16-8-12(17)10-3-4-10/h1-2,5-6,10,12-13,16-17H,3-4,7-8H2. The van der Waals surface area contributed by atoms with E-state index in [1.807, 2.05) is 0 Å². The number of ether oxygens (including phenoxy) is 1. The normalized spacial score (nSPS) is 16.9. The van der Waals surface area contributed by atoms with E-state index in [0.717, 1.165) is 18.4 Å². The fourth-order valence-corrected chi connectivity index (χ4v) is 1.80. The summed E-state index contributed by atoms with van der Waals surface area (Å²) in [6.07, 6.45) is 1.96. The molecule has 1 aliphatic carbocycles. The van der Waals surface area contributed by atoms with Gasteiger partial charge in [-0.25, -0.2) is 0 Å². The number of aliphatic hydroxyl groups is 1. The molecular weight excluding hydrogens is 240 g/mol. The number of rotatable bonds is 7. The van der Waals surface area contributed by atoms with Gasteiger partial charge in [0.2, 0.25) is 0 Å². The van der Waals surface area contributed by atoms with Crippen LogP contribution in [0, 0.1) is 5.92 Å². The van der Waals surface area contributed by atoms with E-state index >= 15 is 0 Å². The van der Waals surface area contributed by atoms with Gasteiger partial charge >= 0.3 is 6.61 Å². The van der Waals surface area contributed by atoms with Gasteiger partial charge in [-0.2, -0.15) is 8.78 Å². The fraction of sp³-hybridized carbons (Fsp3) is 0.538. The van der Waals surface area contributed by atoms with Crippen molar-refractivity contribution in [1.82, 2.24) is 5.32 Å². The predicted octanol–water partition coefficient (Wildman–Crippen LogP) is 2.15. The van der Waals surface area contributed by atoms with Gasteiger partial charge in [0.05, 0.1) is 6.10 Å². The molecule has 1 atom stereocenters. The van der Waals surface area contributed by atoms with Crippen LogP contribution in [-0.2, 0) is 6.54 Å². The Bertz CT molecular complexity index is 366. The van der Waals surface area contributed by atoms with Crippen molar-refractivity contribution in [2.75, 3.05) is 6.54 Å². The van der Waals surface area contributed by atoms with Gasteiger partial charge in [-0.05, 0) is 36.5 Å². The van der Waals surface area contributed by atoms with Gasteiger partial charge in [-0.15, -0.1) is 0 Å². The van der Waals surface area contributed by atoms with Crippen molar-refractivity contribution in [3.63, 3.8) is 0 Å². The molecule has 0 saturated heterocycles. The third-order valence-electron chi connectivity index (χ3n) is 3.00. The Labute approximate surface area is 105 Å². The van der Waals surface area contributed by atoms with E-state index in [-0.39, 0.29) is 11.9 Å². The van der Waals surface area contributed by atoms with Crippen LogP contribution in [0.3, 0.4) is 0 Å². The van der Waals surface area contributed by atoms with Gasteiger partial charge in [0.25, 0.3) is 0 Å². The van der Waals surface area contributed by atoms with E-state index in [4.69, 9.17) is 0 Å². The van der Waals surface area contributed by atoms with Gasteiger partial charge in [0.15, 0.2) is 0 Å². The molecule has 2 rings (SSSR count). The summed E-state index contributed by atoms with van der Waals surface area (Å²) < 4.78 is 28.1. The molecule has 2 N–H and O–H groups in total. The summed E-state index contributed by atoms with van der Waals surface area (Å²) in [5.74, 6) is 0.617. The van der Waals surface area contributed by atoms with Gasteiger partial charge in [-0.3, -0.25) is 0 Å². The minimum atomic E-state index is -2.79. The third kappa shape index (κ3) is 4.23. The Hall–Kier alpha value is -1.20. The van der Waals surface area contributed by atoms with Gasteiger partial charge in [-0.1, -0.05) is 12.1 Å². The lowest BCUT2D eigenvalue weighted by atomic mass is 10.2. The van der Waals surface area contributed by atoms with E-state index in [1.165, 1.54) is 12.1 Å². The van der Waals surface area contributed by atoms with Crippen LogP contribution in [0.2, 0.25) is 0 Å². The second-order valence-corrected chi connectivity index (χ2v) is 4.56. The number of benzene rings is 1. The lowest BCUT2D eigenvalue weighted by Gasteiger charge is -2.11. The minimum absolute atomic E-state index is 0.159. The number of aliphatic hydroxyl groups excluding tert-OH is 1. The molecule has 0 aromatic heterocycles. The van der Waals surface area contributed by atoms with E-state index < -0.39 is 6.61 Å². The van der Waals surface area contributed by atoms with Crippen molar-refractivity contribution < 1.29 is 18.6 Å². The first-order valence-corrected chi connectivity index (χ1v) is 6.07. The number of hydrogen-bond donors (Lipinski definition) is 2. The quantitative estimate of drug-likeness (QED) is 0.786. The van der Waals surface area contributed by atoms with Crippen LogP contribution in [0.25, 0.3) is 0 Å². The van der Waals surface area contributed by atoms with Crippen molar-refractivity contribution in [2.24, 2.45) is 5.92 Å². The van der Waals surface area contributed by atoms with Crippen LogP contribution in [0.1, 0.15) is 18.4 Å². The average Bonchev–Trinajstić information content (AvgIpc) is 3.14. The summed E-state index contributed by atoms with van der Waals surface area (Å²) in [5.41, 5.74) is 0.972. The summed E-state index contributed by atoms with van der Waals surface area (Å²) in [6.45, 7) is -1.61. The summed E-state index contributed by atoms with van der Waals surface area (Å²) >= 11 is 0. The predicted molar refractivity (Wildman–Crippen MR) is 63.5 cm³/mol. The molecule has 0 heterocycles. The first-order valence-electron chi connectivity index (χ1n) is 6.07. The smallest absolute Gasteiger partial charge is 0.387 e. The molecule has 1 aromatic carbocycles. The van der Waals surface area contributed by atoms with Crippen molar-refractivity contribution in [1.29, 1.82) is 0 Å². The van der Waals surface area contributed by atoms with Crippen molar-refractivity contribution in [2.45, 2.75) is 32.1 Å². The molecule has 1 unspecified atom stereocenters. The summed E-state index contributed by atoms with van der Waals surface area (Å²) in [4.78, 5) is 0. The zero-order valence-corrected chi connectivity index (χ0v) is 9.98. The average molecular weight is 257 g/mol. The Morgan fingerprint density at radius 3 is 2.50 bits per heavy atom. The molecule has 3 nitrogen and oxygen atoms in total. The van der Waals surface area contributed by atoms with Crippen molar-refractivity contribution >= 4 is 0 Å². The number of hydrogen-bond acceptors (Lipinski definition) is 3. The first kappa shape index (κ1) is 13.2. The van der Waals surface area contributed by atoms with Crippen LogP contribution in [0.15, 0.2) is 24.3 Å². The zero-order valence-electron chi connectivity index (χ0n) is 9.98. The molecule has 0 aliphatic heterocycles. The van der Waals surface area contributed by atoms with E-state index in [9.17, 15) is 13.9 Å². The SMILES string of the molecule is OC(CNCc1ccc(OC(F)F)cc1)C1CC1. The van der Waals surface area contributed by atoms with Crippen molar-refractivity contribution in [3.8, 4) is 5.75 Å². The second kappa shape index (κ2) is 6.11. The first-order chi connectivity index (χ1) is 8.65. The molecule has 100 valence electrons. The van der Waals surface area contributed by atoms with E-state index in [0.29, 0.717) is 19.0 Å². The Morgan fingerprint density at radius 1 is 1.28 bits per heavy atom. The highest BCUT2D eigenvalue weighted by Crippen LogP contribution is 2.32. The maximum Gasteiger partial charge on any atom is 0.387 e. The van der Waals surface area contributed by atoms with Crippen LogP contribution >= 0.6 is 0 Å². The third-order valence-corrected chi connectivity index (χ3v) is 3.00. The van der Waals surface area contributed by atoms with Crippen molar-refractivity contribution in [3.05, 3.63) is 29.8 Å². The molecule has 5 heteroatoms. The van der Waals surface area contributed by atoms with Crippen LogP contribution in [-0.4, -0.2) is 24.4 Å². The molecule has 1 aliphatic rings. The fourth-order valence-electron chi connectivity index (χ4n) is 1.80.